The Bertz CT molecular complexity index is 338. The van der Waals surface area contributed by atoms with E-state index in [0.29, 0.717) is 0 Å². The highest BCUT2D eigenvalue weighted by Gasteiger charge is 2.20. The first kappa shape index (κ1) is 14.3. The average molecular weight is 358 g/mol. The molecule has 1 aliphatic carbocycles. The van der Waals surface area contributed by atoms with E-state index in [0.717, 1.165) is 22.9 Å². The lowest BCUT2D eigenvalue weighted by Gasteiger charge is -2.28. The summed E-state index contributed by atoms with van der Waals surface area (Å²) in [5, 5.41) is 0. The summed E-state index contributed by atoms with van der Waals surface area (Å²) in [5.74, 6) is 1.67. The second-order valence-electron chi connectivity index (χ2n) is 5.52. The summed E-state index contributed by atoms with van der Waals surface area (Å²) in [4.78, 5) is 0. The summed E-state index contributed by atoms with van der Waals surface area (Å²) in [6.07, 6.45) is 5.76. The van der Waals surface area contributed by atoms with E-state index in [1.807, 2.05) is 0 Å². The van der Waals surface area contributed by atoms with Crippen LogP contribution >= 0.6 is 22.6 Å². The molecular weight excluding hydrogens is 335 g/mol. The predicted octanol–water partition coefficient (Wildman–Crippen LogP) is 5.01. The van der Waals surface area contributed by atoms with Gasteiger partial charge in [0.15, 0.2) is 0 Å². The molecule has 1 saturated carbocycles. The van der Waals surface area contributed by atoms with E-state index in [4.69, 9.17) is 4.74 Å². The molecule has 2 heteroatoms. The topological polar surface area (TPSA) is 9.23 Å². The van der Waals surface area contributed by atoms with Crippen molar-refractivity contribution in [2.75, 3.05) is 11.0 Å². The summed E-state index contributed by atoms with van der Waals surface area (Å²) < 4.78 is 7.19. The maximum Gasteiger partial charge on any atom is 0.0914 e. The van der Waals surface area contributed by atoms with Crippen LogP contribution in [0.4, 0.5) is 0 Å². The van der Waals surface area contributed by atoms with Gasteiger partial charge in [0.05, 0.1) is 12.7 Å². The first-order valence-corrected chi connectivity index (χ1v) is 8.54. The highest BCUT2D eigenvalue weighted by atomic mass is 127. The van der Waals surface area contributed by atoms with E-state index in [1.54, 1.807) is 0 Å². The fourth-order valence-corrected chi connectivity index (χ4v) is 3.62. The van der Waals surface area contributed by atoms with Gasteiger partial charge in [0.1, 0.15) is 0 Å². The lowest BCUT2D eigenvalue weighted by atomic mass is 9.83. The first-order valence-electron chi connectivity index (χ1n) is 7.02. The van der Waals surface area contributed by atoms with Gasteiger partial charge in [-0.15, -0.1) is 0 Å². The Morgan fingerprint density at radius 2 is 2.06 bits per heavy atom. The van der Waals surface area contributed by atoms with E-state index in [9.17, 15) is 0 Å². The monoisotopic (exact) mass is 358 g/mol. The fourth-order valence-electron chi connectivity index (χ4n) is 2.86. The molecule has 1 fully saturated rings. The van der Waals surface area contributed by atoms with Gasteiger partial charge in [0.25, 0.3) is 0 Å². The molecule has 0 N–H and O–H groups in total. The molecule has 1 nitrogen and oxygen atoms in total. The molecule has 1 aliphatic rings. The summed E-state index contributed by atoms with van der Waals surface area (Å²) >= 11 is 2.43. The zero-order valence-corrected chi connectivity index (χ0v) is 13.3. The van der Waals surface area contributed by atoms with Crippen molar-refractivity contribution < 1.29 is 4.74 Å². The molecule has 3 atom stereocenters. The normalized spacial score (nSPS) is 25.9. The van der Waals surface area contributed by atoms with Gasteiger partial charge in [-0.2, -0.15) is 0 Å². The van der Waals surface area contributed by atoms with Crippen molar-refractivity contribution >= 4 is 22.6 Å². The molecule has 0 radical (unpaired) electrons. The molecule has 0 amide bonds. The third kappa shape index (κ3) is 4.23. The van der Waals surface area contributed by atoms with Crippen LogP contribution in [0.15, 0.2) is 30.3 Å². The second-order valence-corrected chi connectivity index (χ2v) is 6.41. The molecule has 0 heterocycles. The van der Waals surface area contributed by atoms with Crippen LogP contribution < -0.4 is 0 Å². The Labute approximate surface area is 124 Å². The van der Waals surface area contributed by atoms with E-state index < -0.39 is 0 Å². The van der Waals surface area contributed by atoms with Gasteiger partial charge >= 0.3 is 0 Å². The van der Waals surface area contributed by atoms with Crippen molar-refractivity contribution in [3.05, 3.63) is 35.9 Å². The standard InChI is InChI=1S/C16H23IO/c1-13-6-5-7-14(10-13)12-18-16(11-17)15-8-3-2-4-9-15/h2-4,8-9,13-14,16H,5-7,10-12H2,1H3. The molecule has 0 bridgehead atoms. The Kier molecular flexibility index (Phi) is 5.96. The molecular formula is C16H23IO. The van der Waals surface area contributed by atoms with Gasteiger partial charge in [0, 0.05) is 4.43 Å². The minimum Gasteiger partial charge on any atom is -0.372 e. The number of hydrogen-bond donors (Lipinski definition) is 0. The molecule has 0 aliphatic heterocycles. The van der Waals surface area contributed by atoms with Crippen molar-refractivity contribution in [2.45, 2.75) is 38.7 Å². The van der Waals surface area contributed by atoms with Crippen LogP contribution in [0, 0.1) is 11.8 Å². The summed E-state index contributed by atoms with van der Waals surface area (Å²) in [6, 6.07) is 10.6. The molecule has 18 heavy (non-hydrogen) atoms. The van der Waals surface area contributed by atoms with Crippen LogP contribution in [-0.2, 0) is 4.74 Å². The summed E-state index contributed by atoms with van der Waals surface area (Å²) in [6.45, 7) is 3.31. The van der Waals surface area contributed by atoms with Crippen LogP contribution in [0.1, 0.15) is 44.3 Å². The van der Waals surface area contributed by atoms with Gasteiger partial charge in [-0.05, 0) is 30.2 Å². The maximum absolute atomic E-state index is 6.16. The lowest BCUT2D eigenvalue weighted by molar-refractivity contribution is 0.0289. The number of hydrogen-bond acceptors (Lipinski definition) is 1. The van der Waals surface area contributed by atoms with Gasteiger partial charge in [-0.3, -0.25) is 0 Å². The smallest absolute Gasteiger partial charge is 0.0914 e. The second kappa shape index (κ2) is 7.49. The van der Waals surface area contributed by atoms with Gasteiger partial charge < -0.3 is 4.74 Å². The van der Waals surface area contributed by atoms with Crippen molar-refractivity contribution in [3.63, 3.8) is 0 Å². The van der Waals surface area contributed by atoms with Gasteiger partial charge in [0.2, 0.25) is 0 Å². The predicted molar refractivity (Wildman–Crippen MR) is 85.1 cm³/mol. The van der Waals surface area contributed by atoms with Crippen LogP contribution in [-0.4, -0.2) is 11.0 Å². The van der Waals surface area contributed by atoms with Crippen molar-refractivity contribution in [3.8, 4) is 0 Å². The Morgan fingerprint density at radius 3 is 2.72 bits per heavy atom. The van der Waals surface area contributed by atoms with E-state index in [2.05, 4.69) is 59.8 Å². The van der Waals surface area contributed by atoms with E-state index >= 15 is 0 Å². The number of halogens is 1. The largest absolute Gasteiger partial charge is 0.372 e. The molecule has 3 unspecified atom stereocenters. The zero-order valence-electron chi connectivity index (χ0n) is 11.1. The Morgan fingerprint density at radius 1 is 1.28 bits per heavy atom. The molecule has 2 rings (SSSR count). The van der Waals surface area contributed by atoms with E-state index in [-0.39, 0.29) is 6.10 Å². The molecule has 0 saturated heterocycles. The third-order valence-corrected chi connectivity index (χ3v) is 4.69. The maximum atomic E-state index is 6.16. The van der Waals surface area contributed by atoms with Gasteiger partial charge in [-0.1, -0.05) is 72.7 Å². The lowest BCUT2D eigenvalue weighted by Crippen LogP contribution is -2.20. The molecule has 0 spiro atoms. The van der Waals surface area contributed by atoms with Crippen LogP contribution in [0.5, 0.6) is 0 Å². The number of alkyl halides is 1. The molecule has 1 aromatic rings. The zero-order chi connectivity index (χ0) is 12.8. The van der Waals surface area contributed by atoms with Crippen molar-refractivity contribution in [1.82, 2.24) is 0 Å². The minimum absolute atomic E-state index is 0.268. The molecule has 100 valence electrons. The number of ether oxygens (including phenoxy) is 1. The SMILES string of the molecule is CC1CCCC(COC(CI)c2ccccc2)C1. The van der Waals surface area contributed by atoms with Crippen molar-refractivity contribution in [2.24, 2.45) is 11.8 Å². The average Bonchev–Trinajstić information content (AvgIpc) is 2.41. The van der Waals surface area contributed by atoms with Crippen molar-refractivity contribution in [1.29, 1.82) is 0 Å². The highest BCUT2D eigenvalue weighted by Crippen LogP contribution is 2.30. The third-order valence-electron chi connectivity index (χ3n) is 3.89. The highest BCUT2D eigenvalue weighted by molar-refractivity contribution is 14.1. The molecule has 1 aromatic carbocycles. The number of benzene rings is 1. The van der Waals surface area contributed by atoms with Crippen LogP contribution in [0.3, 0.4) is 0 Å². The first-order chi connectivity index (χ1) is 8.79. The quantitative estimate of drug-likeness (QED) is 0.531. The van der Waals surface area contributed by atoms with Crippen LogP contribution in [0.2, 0.25) is 0 Å². The Hall–Kier alpha value is -0.0900. The summed E-state index contributed by atoms with van der Waals surface area (Å²) in [7, 11) is 0. The van der Waals surface area contributed by atoms with Gasteiger partial charge in [-0.25, -0.2) is 0 Å². The summed E-state index contributed by atoms with van der Waals surface area (Å²) in [5.41, 5.74) is 1.32. The Balaban J connectivity index is 1.84. The van der Waals surface area contributed by atoms with Crippen LogP contribution in [0.25, 0.3) is 0 Å². The van der Waals surface area contributed by atoms with E-state index in [1.165, 1.54) is 31.2 Å². The number of rotatable bonds is 5. The fraction of sp³-hybridized carbons (Fsp3) is 0.625. The molecule has 0 aromatic heterocycles. The minimum atomic E-state index is 0.268.